The van der Waals surface area contributed by atoms with E-state index in [2.05, 4.69) is 15.9 Å². The van der Waals surface area contributed by atoms with Crippen molar-refractivity contribution in [1.29, 1.82) is 5.26 Å². The van der Waals surface area contributed by atoms with E-state index in [1.165, 1.54) is 11.3 Å². The van der Waals surface area contributed by atoms with Crippen LogP contribution in [0.1, 0.15) is 11.0 Å². The van der Waals surface area contributed by atoms with E-state index in [4.69, 9.17) is 10.4 Å². The quantitative estimate of drug-likeness (QED) is 0.778. The Morgan fingerprint density at radius 1 is 1.58 bits per heavy atom. The fraction of sp³-hybridized carbons (Fsp3) is 0.286. The molecular weight excluding hydrogens is 242 g/mol. The molecule has 0 bridgehead atoms. The highest BCUT2D eigenvalue weighted by molar-refractivity contribution is 9.10. The maximum Gasteiger partial charge on any atom is 0.171 e. The molecule has 0 saturated heterocycles. The summed E-state index contributed by atoms with van der Waals surface area (Å²) in [4.78, 5) is 0.580. The van der Waals surface area contributed by atoms with Gasteiger partial charge in [-0.25, -0.2) is 0 Å². The van der Waals surface area contributed by atoms with Crippen molar-refractivity contribution in [3.63, 3.8) is 0 Å². The van der Waals surface area contributed by atoms with Gasteiger partial charge in [0, 0.05) is 14.7 Å². The molecule has 2 unspecified atom stereocenters. The monoisotopic (exact) mass is 247 g/mol. The summed E-state index contributed by atoms with van der Waals surface area (Å²) in [6.45, 7) is 0. The molecule has 1 heterocycles. The minimum absolute atomic E-state index is 0.580. The molecule has 0 saturated carbocycles. The fourth-order valence-electron chi connectivity index (χ4n) is 0.710. The Morgan fingerprint density at radius 3 is 2.67 bits per heavy atom. The molecule has 1 aromatic heterocycles. The third-order valence-corrected chi connectivity index (χ3v) is 3.07. The van der Waals surface area contributed by atoms with Gasteiger partial charge in [-0.3, -0.25) is 0 Å². The first-order valence-electron chi connectivity index (χ1n) is 3.15. The van der Waals surface area contributed by atoms with E-state index < -0.39 is 12.2 Å². The second-order valence-electron chi connectivity index (χ2n) is 2.19. The lowest BCUT2D eigenvalue weighted by Crippen LogP contribution is -2.14. The van der Waals surface area contributed by atoms with Gasteiger partial charge in [-0.2, -0.15) is 5.26 Å². The molecule has 0 aliphatic heterocycles. The molecule has 0 spiro atoms. The molecule has 2 N–H and O–H groups in total. The van der Waals surface area contributed by atoms with Crippen molar-refractivity contribution in [3.8, 4) is 6.07 Å². The Bertz CT molecular complexity index is 307. The fourth-order valence-corrected chi connectivity index (χ4v) is 2.17. The minimum Gasteiger partial charge on any atom is -0.384 e. The molecule has 0 radical (unpaired) electrons. The van der Waals surface area contributed by atoms with Crippen LogP contribution in [0.15, 0.2) is 15.9 Å². The number of aliphatic hydroxyl groups excluding tert-OH is 2. The summed E-state index contributed by atoms with van der Waals surface area (Å²) in [5.74, 6) is 0. The average Bonchev–Trinajstić information content (AvgIpc) is 2.49. The largest absolute Gasteiger partial charge is 0.384 e. The first-order valence-corrected chi connectivity index (χ1v) is 4.82. The van der Waals surface area contributed by atoms with Crippen LogP contribution in [-0.4, -0.2) is 16.3 Å². The maximum absolute atomic E-state index is 9.32. The van der Waals surface area contributed by atoms with Crippen molar-refractivity contribution < 1.29 is 10.2 Å². The predicted molar refractivity (Wildman–Crippen MR) is 48.6 cm³/mol. The SMILES string of the molecule is N#CC(O)C(O)c1cc(Br)cs1. The highest BCUT2D eigenvalue weighted by Crippen LogP contribution is 2.27. The Labute approximate surface area is 82.0 Å². The lowest BCUT2D eigenvalue weighted by molar-refractivity contribution is 0.0552. The molecule has 3 nitrogen and oxygen atoms in total. The van der Waals surface area contributed by atoms with E-state index in [9.17, 15) is 5.11 Å². The summed E-state index contributed by atoms with van der Waals surface area (Å²) >= 11 is 4.50. The first-order chi connectivity index (χ1) is 5.65. The third-order valence-electron chi connectivity index (χ3n) is 1.31. The van der Waals surface area contributed by atoms with Gasteiger partial charge in [-0.15, -0.1) is 11.3 Å². The van der Waals surface area contributed by atoms with Crippen LogP contribution in [0.25, 0.3) is 0 Å². The van der Waals surface area contributed by atoms with Crippen molar-refractivity contribution in [2.24, 2.45) is 0 Å². The van der Waals surface area contributed by atoms with Crippen molar-refractivity contribution >= 4 is 27.3 Å². The second-order valence-corrected chi connectivity index (χ2v) is 4.04. The van der Waals surface area contributed by atoms with Crippen LogP contribution in [0.5, 0.6) is 0 Å². The van der Waals surface area contributed by atoms with Crippen molar-refractivity contribution in [2.45, 2.75) is 12.2 Å². The minimum atomic E-state index is -1.35. The number of thiophene rings is 1. The number of aliphatic hydroxyl groups is 2. The lowest BCUT2D eigenvalue weighted by Gasteiger charge is -2.07. The average molecular weight is 248 g/mol. The summed E-state index contributed by atoms with van der Waals surface area (Å²) < 4.78 is 0.840. The van der Waals surface area contributed by atoms with Crippen molar-refractivity contribution in [3.05, 3.63) is 20.8 Å². The normalized spacial score (nSPS) is 15.2. The second kappa shape index (κ2) is 4.01. The molecule has 0 aliphatic carbocycles. The van der Waals surface area contributed by atoms with E-state index in [-0.39, 0.29) is 0 Å². The van der Waals surface area contributed by atoms with E-state index in [0.29, 0.717) is 4.88 Å². The Balaban J connectivity index is 2.79. The molecule has 0 aliphatic rings. The molecular formula is C7H6BrNO2S. The Kier molecular flexibility index (Phi) is 3.23. The maximum atomic E-state index is 9.32. The molecule has 12 heavy (non-hydrogen) atoms. The van der Waals surface area contributed by atoms with Crippen LogP contribution in [0, 0.1) is 11.3 Å². The van der Waals surface area contributed by atoms with Gasteiger partial charge in [-0.1, -0.05) is 0 Å². The van der Waals surface area contributed by atoms with Crippen LogP contribution in [-0.2, 0) is 0 Å². The van der Waals surface area contributed by atoms with Gasteiger partial charge in [0.2, 0.25) is 0 Å². The zero-order valence-electron chi connectivity index (χ0n) is 5.94. The number of nitrogens with zero attached hydrogens (tertiary/aromatic N) is 1. The standard InChI is InChI=1S/C7H6BrNO2S/c8-4-1-6(12-3-4)7(11)5(10)2-9/h1,3,5,7,10-11H. The van der Waals surface area contributed by atoms with Crippen LogP contribution in [0.2, 0.25) is 0 Å². The number of hydrogen-bond donors (Lipinski definition) is 2. The molecule has 0 aromatic carbocycles. The highest BCUT2D eigenvalue weighted by Gasteiger charge is 2.18. The van der Waals surface area contributed by atoms with E-state index in [1.807, 2.05) is 0 Å². The summed E-state index contributed by atoms with van der Waals surface area (Å²) in [5, 5.41) is 28.4. The van der Waals surface area contributed by atoms with Gasteiger partial charge in [0.1, 0.15) is 6.10 Å². The van der Waals surface area contributed by atoms with Crippen LogP contribution in [0.4, 0.5) is 0 Å². The molecule has 1 rings (SSSR count). The zero-order valence-corrected chi connectivity index (χ0v) is 8.34. The van der Waals surface area contributed by atoms with Crippen LogP contribution in [0.3, 0.4) is 0 Å². The summed E-state index contributed by atoms with van der Waals surface area (Å²) in [5.41, 5.74) is 0. The van der Waals surface area contributed by atoms with Crippen molar-refractivity contribution in [2.75, 3.05) is 0 Å². The highest BCUT2D eigenvalue weighted by atomic mass is 79.9. The van der Waals surface area contributed by atoms with Crippen LogP contribution >= 0.6 is 27.3 Å². The van der Waals surface area contributed by atoms with Gasteiger partial charge in [0.15, 0.2) is 6.10 Å². The Morgan fingerprint density at radius 2 is 2.25 bits per heavy atom. The summed E-state index contributed by atoms with van der Waals surface area (Å²) in [7, 11) is 0. The van der Waals surface area contributed by atoms with Gasteiger partial charge < -0.3 is 10.2 Å². The van der Waals surface area contributed by atoms with Gasteiger partial charge in [0.05, 0.1) is 6.07 Å². The number of nitriles is 1. The molecule has 0 amide bonds. The molecule has 1 aromatic rings. The molecule has 5 heteroatoms. The van der Waals surface area contributed by atoms with E-state index in [1.54, 1.807) is 17.5 Å². The smallest absolute Gasteiger partial charge is 0.171 e. The van der Waals surface area contributed by atoms with Gasteiger partial charge in [-0.05, 0) is 22.0 Å². The molecule has 0 fully saturated rings. The Hall–Kier alpha value is -0.410. The van der Waals surface area contributed by atoms with Gasteiger partial charge >= 0.3 is 0 Å². The topological polar surface area (TPSA) is 64.2 Å². The van der Waals surface area contributed by atoms with E-state index >= 15 is 0 Å². The predicted octanol–water partition coefficient (Wildman–Crippen LogP) is 1.43. The first kappa shape index (κ1) is 9.68. The molecule has 2 atom stereocenters. The van der Waals surface area contributed by atoms with Crippen LogP contribution < -0.4 is 0 Å². The number of rotatable bonds is 2. The van der Waals surface area contributed by atoms with Crippen molar-refractivity contribution in [1.82, 2.24) is 0 Å². The zero-order chi connectivity index (χ0) is 9.14. The number of halogens is 1. The summed E-state index contributed by atoms with van der Waals surface area (Å²) in [6.07, 6.45) is -2.46. The number of hydrogen-bond acceptors (Lipinski definition) is 4. The van der Waals surface area contributed by atoms with E-state index in [0.717, 1.165) is 4.47 Å². The molecule has 64 valence electrons. The van der Waals surface area contributed by atoms with Gasteiger partial charge in [0.25, 0.3) is 0 Å². The lowest BCUT2D eigenvalue weighted by atomic mass is 10.2. The third kappa shape index (κ3) is 2.05. The summed E-state index contributed by atoms with van der Waals surface area (Å²) in [6, 6.07) is 3.25.